The van der Waals surface area contributed by atoms with Crippen LogP contribution < -0.4 is 10.6 Å². The molecule has 2 fully saturated rings. The molecule has 0 aromatic carbocycles. The summed E-state index contributed by atoms with van der Waals surface area (Å²) in [6.45, 7) is 5.25. The quantitative estimate of drug-likeness (QED) is 0.0154. The molecule has 0 saturated carbocycles. The minimum Gasteiger partial charge on any atom is -0.481 e. The highest BCUT2D eigenvalue weighted by molar-refractivity contribution is 7.46. The molecule has 0 spiro atoms. The summed E-state index contributed by atoms with van der Waals surface area (Å²) in [5, 5.41) is 70.7. The van der Waals surface area contributed by atoms with E-state index in [9.17, 15) is 59.1 Å². The number of aliphatic carboxylic acids is 1. The molecule has 2 aliphatic heterocycles. The van der Waals surface area contributed by atoms with Crippen LogP contribution >= 0.6 is 7.82 Å². The standard InChI is InChI=1S/C70H133N2O19P/c1-4-7-10-13-16-26-31-36-41-46-55(74)51-59(75)71-63-66(81)65(80)58(90-69(63)86-50-45-40-35-30-25-23-21-19-20-22-24-29-33-38-43-48-61(77)78)54-87-70-64(67(82)68(57(53-73)89-70)91-92(83,84)85)72-60(76)52-56(47-42-37-32-27-17-14-11-8-5-2)88-62(79)49-44-39-34-28-18-15-12-9-6-3/h55-58,63-70,73-74,80-82H,4-54H2,1-3H3,(H,71,75)(H,72,76)(H,77,78)(H2,83,84,85)/t55-,56-,57-,58-,63-,64-,65-,66-,67-,68-,69+,70-/m1/s1. The fourth-order valence-electron chi connectivity index (χ4n) is 12.5. The lowest BCUT2D eigenvalue weighted by molar-refractivity contribution is -0.302. The molecule has 12 atom stereocenters. The number of esters is 1. The van der Waals surface area contributed by atoms with Crippen molar-refractivity contribution in [1.29, 1.82) is 0 Å². The summed E-state index contributed by atoms with van der Waals surface area (Å²) in [7, 11) is -5.33. The molecule has 2 amide bonds. The molecule has 92 heavy (non-hydrogen) atoms. The van der Waals surface area contributed by atoms with Crippen LogP contribution in [0.3, 0.4) is 0 Å². The maximum atomic E-state index is 14.1. The number of nitrogens with one attached hydrogen (secondary N) is 2. The van der Waals surface area contributed by atoms with Crippen LogP contribution in [0.4, 0.5) is 0 Å². The highest BCUT2D eigenvalue weighted by atomic mass is 31.2. The number of phosphoric ester groups is 1. The SMILES string of the molecule is CCCCCCCCCCCC(=O)O[C@H](CCCCCCCCCCC)CC(=O)N[C@H]1[C@H](OC[C@H]2O[C@H](OCCCCCCCCCCCCCCCCCC(=O)O)[C@H](NC(=O)C[C@H](O)CCCCCCCCCCC)[C@@H](O)[C@@H]2O)O[C@H](CO)[C@@H](OP(=O)(O)O)[C@@H]1O. The molecule has 2 heterocycles. The van der Waals surface area contributed by atoms with Gasteiger partial charge in [-0.2, -0.15) is 0 Å². The number of rotatable bonds is 62. The fourth-order valence-corrected chi connectivity index (χ4v) is 13.1. The van der Waals surface area contributed by atoms with Gasteiger partial charge in [-0.15, -0.1) is 0 Å². The third kappa shape index (κ3) is 43.0. The summed E-state index contributed by atoms with van der Waals surface area (Å²) in [5.74, 6) is -2.44. The lowest BCUT2D eigenvalue weighted by atomic mass is 9.95. The van der Waals surface area contributed by atoms with Crippen molar-refractivity contribution in [3.05, 3.63) is 0 Å². The van der Waals surface area contributed by atoms with Crippen LogP contribution in [-0.2, 0) is 52.0 Å². The van der Waals surface area contributed by atoms with E-state index in [1.165, 1.54) is 116 Å². The first kappa shape index (κ1) is 85.7. The number of hydrogen-bond donors (Lipinski definition) is 10. The Balaban J connectivity index is 2.20. The van der Waals surface area contributed by atoms with Crippen LogP contribution in [0.2, 0.25) is 0 Å². The molecule has 21 nitrogen and oxygen atoms in total. The Morgan fingerprint density at radius 1 is 0.467 bits per heavy atom. The third-order valence-corrected chi connectivity index (χ3v) is 18.6. The summed E-state index contributed by atoms with van der Waals surface area (Å²) in [4.78, 5) is 71.4. The smallest absolute Gasteiger partial charge is 0.470 e. The Labute approximate surface area is 554 Å². The number of aliphatic hydroxyl groups is 5. The second-order valence-corrected chi connectivity index (χ2v) is 27.8. The molecule has 10 N–H and O–H groups in total. The minimum atomic E-state index is -5.33. The molecule has 0 aromatic heterocycles. The zero-order valence-electron chi connectivity index (χ0n) is 57.5. The van der Waals surface area contributed by atoms with E-state index in [0.29, 0.717) is 32.1 Å². The number of unbranched alkanes of at least 4 members (excludes halogenated alkanes) is 38. The zero-order chi connectivity index (χ0) is 67.5. The fraction of sp³-hybridized carbons (Fsp3) is 0.943. The molecule has 0 bridgehead atoms. The molecule has 0 radical (unpaired) electrons. The van der Waals surface area contributed by atoms with E-state index >= 15 is 0 Å². The van der Waals surface area contributed by atoms with Gasteiger partial charge in [0, 0.05) is 19.4 Å². The summed E-state index contributed by atoms with van der Waals surface area (Å²) >= 11 is 0. The van der Waals surface area contributed by atoms with E-state index in [0.717, 1.165) is 135 Å². The van der Waals surface area contributed by atoms with Crippen molar-refractivity contribution in [2.24, 2.45) is 0 Å². The maximum Gasteiger partial charge on any atom is 0.470 e. The van der Waals surface area contributed by atoms with Gasteiger partial charge in [0.2, 0.25) is 11.8 Å². The van der Waals surface area contributed by atoms with E-state index in [1.54, 1.807) is 0 Å². The number of carboxylic acid groups (broad SMARTS) is 1. The molecular weight excluding hydrogens is 1200 g/mol. The largest absolute Gasteiger partial charge is 0.481 e. The number of carbonyl (C=O) groups excluding carboxylic acids is 3. The molecule has 0 aromatic rings. The van der Waals surface area contributed by atoms with Crippen LogP contribution in [-0.4, -0.2) is 157 Å². The molecule has 0 unspecified atom stereocenters. The van der Waals surface area contributed by atoms with Gasteiger partial charge in [-0.3, -0.25) is 23.7 Å². The Bertz CT molecular complexity index is 1870. The van der Waals surface area contributed by atoms with Gasteiger partial charge >= 0.3 is 19.8 Å². The van der Waals surface area contributed by atoms with E-state index in [-0.39, 0.29) is 32.3 Å². The van der Waals surface area contributed by atoms with Crippen LogP contribution in [0, 0.1) is 0 Å². The average molecular weight is 1340 g/mol. The van der Waals surface area contributed by atoms with Crippen molar-refractivity contribution in [1.82, 2.24) is 10.6 Å². The van der Waals surface area contributed by atoms with Gasteiger partial charge in [-0.1, -0.05) is 265 Å². The van der Waals surface area contributed by atoms with Gasteiger partial charge in [0.15, 0.2) is 12.6 Å². The Morgan fingerprint density at radius 3 is 1.29 bits per heavy atom. The first-order valence-corrected chi connectivity index (χ1v) is 38.6. The predicted octanol–water partition coefficient (Wildman–Crippen LogP) is 13.1. The monoisotopic (exact) mass is 1340 g/mol. The summed E-state index contributed by atoms with van der Waals surface area (Å²) in [6, 6.07) is -2.89. The van der Waals surface area contributed by atoms with E-state index < -0.39 is 118 Å². The van der Waals surface area contributed by atoms with Gasteiger partial charge in [0.25, 0.3) is 0 Å². The number of carboxylic acids is 1. The van der Waals surface area contributed by atoms with Gasteiger partial charge in [0.1, 0.15) is 54.8 Å². The van der Waals surface area contributed by atoms with Crippen molar-refractivity contribution in [3.8, 4) is 0 Å². The molecular formula is C70H133N2O19P. The molecule has 2 rings (SSSR count). The zero-order valence-corrected chi connectivity index (χ0v) is 58.4. The Kier molecular flexibility index (Phi) is 51.8. The highest BCUT2D eigenvalue weighted by Gasteiger charge is 2.51. The summed E-state index contributed by atoms with van der Waals surface area (Å²) in [5.41, 5.74) is 0. The lowest BCUT2D eigenvalue weighted by Crippen LogP contribution is -2.67. The molecule has 2 aliphatic rings. The molecule has 2 saturated heterocycles. The molecule has 542 valence electrons. The van der Waals surface area contributed by atoms with Crippen molar-refractivity contribution in [2.45, 2.75) is 402 Å². The van der Waals surface area contributed by atoms with Crippen molar-refractivity contribution < 1.29 is 92.4 Å². The van der Waals surface area contributed by atoms with E-state index in [4.69, 9.17) is 33.3 Å². The number of hydrogen-bond acceptors (Lipinski definition) is 16. The number of phosphoric acid groups is 1. The second-order valence-electron chi connectivity index (χ2n) is 26.6. The minimum absolute atomic E-state index is 0.175. The number of amides is 2. The van der Waals surface area contributed by atoms with Gasteiger partial charge in [-0.05, 0) is 38.5 Å². The molecule has 0 aliphatic carbocycles. The first-order chi connectivity index (χ1) is 44.4. The van der Waals surface area contributed by atoms with Crippen molar-refractivity contribution in [3.63, 3.8) is 0 Å². The van der Waals surface area contributed by atoms with Crippen LogP contribution in [0.1, 0.15) is 329 Å². The average Bonchev–Trinajstić information content (AvgIpc) is 0.807. The van der Waals surface area contributed by atoms with Gasteiger partial charge in [-0.25, -0.2) is 4.57 Å². The van der Waals surface area contributed by atoms with Gasteiger partial charge in [0.05, 0.1) is 32.2 Å². The van der Waals surface area contributed by atoms with Crippen molar-refractivity contribution in [2.75, 3.05) is 19.8 Å². The maximum absolute atomic E-state index is 14.1. The van der Waals surface area contributed by atoms with Crippen LogP contribution in [0.5, 0.6) is 0 Å². The number of carbonyl (C=O) groups is 4. The summed E-state index contributed by atoms with van der Waals surface area (Å²) in [6.07, 6.45) is 30.5. The Hall–Kier alpha value is -2.37. The topological polar surface area (TPSA) is 327 Å². The van der Waals surface area contributed by atoms with Crippen LogP contribution in [0.15, 0.2) is 0 Å². The second kappa shape index (κ2) is 55.6. The summed E-state index contributed by atoms with van der Waals surface area (Å²) < 4.78 is 47.8. The molecule has 22 heteroatoms. The van der Waals surface area contributed by atoms with Crippen molar-refractivity contribution >= 4 is 31.6 Å². The lowest BCUT2D eigenvalue weighted by Gasteiger charge is -2.45. The number of ether oxygens (including phenoxy) is 5. The normalized spacial score (nSPS) is 22.5. The highest BCUT2D eigenvalue weighted by Crippen LogP contribution is 2.42. The van der Waals surface area contributed by atoms with E-state index in [2.05, 4.69) is 31.4 Å². The Morgan fingerprint density at radius 2 is 0.848 bits per heavy atom. The number of aliphatic hydroxyl groups excluding tert-OH is 5. The predicted molar refractivity (Wildman–Crippen MR) is 357 cm³/mol. The van der Waals surface area contributed by atoms with Crippen LogP contribution in [0.25, 0.3) is 0 Å². The van der Waals surface area contributed by atoms with E-state index in [1.807, 2.05) is 0 Å². The third-order valence-electron chi connectivity index (χ3n) is 18.1. The van der Waals surface area contributed by atoms with Gasteiger partial charge < -0.3 is 74.7 Å². The first-order valence-electron chi connectivity index (χ1n) is 37.1.